The average Bonchev–Trinajstić information content (AvgIpc) is 3.21. The van der Waals surface area contributed by atoms with Crippen molar-refractivity contribution in [3.63, 3.8) is 0 Å². The van der Waals surface area contributed by atoms with Crippen molar-refractivity contribution in [2.75, 3.05) is 13.4 Å². The van der Waals surface area contributed by atoms with Gasteiger partial charge in [-0.2, -0.15) is 0 Å². The summed E-state index contributed by atoms with van der Waals surface area (Å²) in [7, 11) is 1.38. The minimum absolute atomic E-state index is 0.0644. The summed E-state index contributed by atoms with van der Waals surface area (Å²) < 4.78 is 7.01. The lowest BCUT2D eigenvalue weighted by Gasteiger charge is -2.12. The zero-order valence-corrected chi connectivity index (χ0v) is 18.5. The molecule has 32 heavy (non-hydrogen) atoms. The summed E-state index contributed by atoms with van der Waals surface area (Å²) in [5.41, 5.74) is 11.4. The van der Waals surface area contributed by atoms with E-state index in [1.807, 2.05) is 71.5 Å². The van der Waals surface area contributed by atoms with Crippen molar-refractivity contribution < 1.29 is 14.7 Å². The number of oxime groups is 1. The molecular weight excluding hydrogens is 424 g/mol. The van der Waals surface area contributed by atoms with E-state index in [0.29, 0.717) is 17.7 Å². The Bertz CT molecular complexity index is 1310. The standard InChI is InChI=1S/C24H22N4O3S/c1-31-23(29)19-8-5-9-20-21(19)28(24(26-20)32-2)14-15-10-12-16(13-11-15)17-6-3-4-7-18(17)22(25)27-30/h3-13,30H,14H2,1-2H3,(H2,25,27). The molecular formula is C24H22N4O3S. The van der Waals surface area contributed by atoms with E-state index in [4.69, 9.17) is 15.7 Å². The van der Waals surface area contributed by atoms with Gasteiger partial charge >= 0.3 is 5.97 Å². The number of methoxy groups -OCH3 is 1. The average molecular weight is 447 g/mol. The maximum Gasteiger partial charge on any atom is 0.340 e. The van der Waals surface area contributed by atoms with E-state index in [1.54, 1.807) is 6.07 Å². The first-order valence-corrected chi connectivity index (χ1v) is 11.1. The molecule has 1 heterocycles. The number of carbonyl (C=O) groups is 1. The highest BCUT2D eigenvalue weighted by molar-refractivity contribution is 7.98. The molecule has 3 N–H and O–H groups in total. The minimum atomic E-state index is -0.389. The van der Waals surface area contributed by atoms with Crippen molar-refractivity contribution in [2.45, 2.75) is 11.7 Å². The van der Waals surface area contributed by atoms with E-state index in [1.165, 1.54) is 18.9 Å². The van der Waals surface area contributed by atoms with E-state index in [0.717, 1.165) is 32.9 Å². The van der Waals surface area contributed by atoms with Gasteiger partial charge in [-0.05, 0) is 35.1 Å². The van der Waals surface area contributed by atoms with Crippen molar-refractivity contribution in [1.29, 1.82) is 0 Å². The number of ether oxygens (including phenoxy) is 1. The number of carbonyl (C=O) groups excluding carboxylic acids is 1. The number of imidazole rings is 1. The van der Waals surface area contributed by atoms with Crippen LogP contribution in [0.15, 0.2) is 77.0 Å². The Morgan fingerprint density at radius 2 is 1.81 bits per heavy atom. The molecule has 0 aliphatic rings. The fourth-order valence-electron chi connectivity index (χ4n) is 3.73. The Morgan fingerprint density at radius 1 is 1.09 bits per heavy atom. The van der Waals surface area contributed by atoms with Gasteiger partial charge in [0, 0.05) is 5.56 Å². The number of benzene rings is 3. The fraction of sp³-hybridized carbons (Fsp3) is 0.125. The van der Waals surface area contributed by atoms with E-state index < -0.39 is 0 Å². The SMILES string of the molecule is COC(=O)c1cccc2nc(SC)n(Cc3ccc(-c4ccccc4/C(N)=N\O)cc3)c12. The van der Waals surface area contributed by atoms with Gasteiger partial charge in [-0.3, -0.25) is 0 Å². The summed E-state index contributed by atoms with van der Waals surface area (Å²) in [4.78, 5) is 17.0. The molecule has 0 bridgehead atoms. The van der Waals surface area contributed by atoms with Crippen LogP contribution in [0.3, 0.4) is 0 Å². The zero-order valence-electron chi connectivity index (χ0n) is 17.6. The molecule has 162 valence electrons. The Morgan fingerprint density at radius 3 is 2.50 bits per heavy atom. The lowest BCUT2D eigenvalue weighted by atomic mass is 9.98. The predicted octanol–water partition coefficient (Wildman–Crippen LogP) is 4.35. The first-order chi connectivity index (χ1) is 15.6. The minimum Gasteiger partial charge on any atom is -0.465 e. The lowest BCUT2D eigenvalue weighted by Crippen LogP contribution is -2.14. The summed E-state index contributed by atoms with van der Waals surface area (Å²) in [5, 5.41) is 13.0. The quantitative estimate of drug-likeness (QED) is 0.114. The molecule has 0 radical (unpaired) electrons. The molecule has 0 spiro atoms. The highest BCUT2D eigenvalue weighted by Crippen LogP contribution is 2.28. The molecule has 0 unspecified atom stereocenters. The van der Waals surface area contributed by atoms with Gasteiger partial charge in [0.25, 0.3) is 0 Å². The number of para-hydroxylation sites is 1. The number of hydrogen-bond donors (Lipinski definition) is 2. The molecule has 4 rings (SSSR count). The van der Waals surface area contributed by atoms with Crippen molar-refractivity contribution >= 4 is 34.6 Å². The normalized spacial score (nSPS) is 11.6. The zero-order chi connectivity index (χ0) is 22.7. The number of esters is 1. The third kappa shape index (κ3) is 3.92. The van der Waals surface area contributed by atoms with Crippen LogP contribution in [-0.4, -0.2) is 39.9 Å². The molecule has 0 aliphatic heterocycles. The summed E-state index contributed by atoms with van der Waals surface area (Å²) in [6, 6.07) is 21.0. The molecule has 0 amide bonds. The molecule has 4 aromatic rings. The maximum absolute atomic E-state index is 12.3. The van der Waals surface area contributed by atoms with Gasteiger partial charge in [-0.25, -0.2) is 9.78 Å². The Kier molecular flexibility index (Phi) is 6.13. The maximum atomic E-state index is 12.3. The van der Waals surface area contributed by atoms with Crippen LogP contribution in [-0.2, 0) is 11.3 Å². The van der Waals surface area contributed by atoms with Gasteiger partial charge in [0.1, 0.15) is 0 Å². The van der Waals surface area contributed by atoms with Crippen LogP contribution in [0.2, 0.25) is 0 Å². The van der Waals surface area contributed by atoms with Crippen molar-refractivity contribution in [3.05, 3.63) is 83.4 Å². The molecule has 1 aromatic heterocycles. The third-order valence-corrected chi connectivity index (χ3v) is 5.91. The Hall–Kier alpha value is -3.78. The second-order valence-corrected chi connectivity index (χ2v) is 7.85. The van der Waals surface area contributed by atoms with Gasteiger partial charge < -0.3 is 20.2 Å². The summed E-state index contributed by atoms with van der Waals surface area (Å²) in [5.74, 6) is -0.325. The van der Waals surface area contributed by atoms with Crippen molar-refractivity contribution in [3.8, 4) is 11.1 Å². The van der Waals surface area contributed by atoms with E-state index in [2.05, 4.69) is 10.1 Å². The number of rotatable bonds is 6. The van der Waals surface area contributed by atoms with Crippen LogP contribution >= 0.6 is 11.8 Å². The smallest absolute Gasteiger partial charge is 0.340 e. The first kappa shape index (κ1) is 21.5. The van der Waals surface area contributed by atoms with Crippen molar-refractivity contribution in [2.24, 2.45) is 10.9 Å². The van der Waals surface area contributed by atoms with Gasteiger partial charge in [0.05, 0.1) is 30.3 Å². The highest BCUT2D eigenvalue weighted by atomic mass is 32.2. The molecule has 0 atom stereocenters. The molecule has 7 nitrogen and oxygen atoms in total. The van der Waals surface area contributed by atoms with Crippen LogP contribution in [0.5, 0.6) is 0 Å². The number of hydrogen-bond acceptors (Lipinski definition) is 6. The highest BCUT2D eigenvalue weighted by Gasteiger charge is 2.18. The molecule has 0 saturated heterocycles. The number of nitrogens with two attached hydrogens (primary N) is 1. The van der Waals surface area contributed by atoms with Gasteiger partial charge in [0.15, 0.2) is 11.0 Å². The largest absolute Gasteiger partial charge is 0.465 e. The van der Waals surface area contributed by atoms with Crippen LogP contribution in [0, 0.1) is 0 Å². The summed E-state index contributed by atoms with van der Waals surface area (Å²) in [6.07, 6.45) is 1.96. The van der Waals surface area contributed by atoms with Crippen LogP contribution < -0.4 is 5.73 Å². The second kappa shape index (κ2) is 9.15. The Balaban J connectivity index is 1.73. The first-order valence-electron chi connectivity index (χ1n) is 9.85. The molecule has 3 aromatic carbocycles. The molecule has 8 heteroatoms. The number of aromatic nitrogens is 2. The molecule has 0 fully saturated rings. The monoisotopic (exact) mass is 446 g/mol. The predicted molar refractivity (Wildman–Crippen MR) is 126 cm³/mol. The fourth-order valence-corrected chi connectivity index (χ4v) is 4.29. The van der Waals surface area contributed by atoms with Crippen LogP contribution in [0.1, 0.15) is 21.5 Å². The van der Waals surface area contributed by atoms with Crippen LogP contribution in [0.25, 0.3) is 22.2 Å². The van der Waals surface area contributed by atoms with Gasteiger partial charge in [-0.15, -0.1) is 0 Å². The van der Waals surface area contributed by atoms with Gasteiger partial charge in [0.2, 0.25) is 0 Å². The number of amidine groups is 1. The van der Waals surface area contributed by atoms with Crippen LogP contribution in [0.4, 0.5) is 0 Å². The summed E-state index contributed by atoms with van der Waals surface area (Å²) in [6.45, 7) is 0.544. The van der Waals surface area contributed by atoms with E-state index in [9.17, 15) is 4.79 Å². The van der Waals surface area contributed by atoms with E-state index >= 15 is 0 Å². The number of fused-ring (bicyclic) bond motifs is 1. The lowest BCUT2D eigenvalue weighted by molar-refractivity contribution is 0.0602. The number of thioether (sulfide) groups is 1. The van der Waals surface area contributed by atoms with Crippen molar-refractivity contribution in [1.82, 2.24) is 9.55 Å². The summed E-state index contributed by atoms with van der Waals surface area (Å²) >= 11 is 1.53. The molecule has 0 aliphatic carbocycles. The topological polar surface area (TPSA) is 103 Å². The number of nitrogens with zero attached hydrogens (tertiary/aromatic N) is 3. The second-order valence-electron chi connectivity index (χ2n) is 7.08. The molecule has 0 saturated carbocycles. The Labute approximate surface area is 189 Å². The van der Waals surface area contributed by atoms with Gasteiger partial charge in [-0.1, -0.05) is 71.5 Å². The third-order valence-electron chi connectivity index (χ3n) is 5.24. The van der Waals surface area contributed by atoms with E-state index in [-0.39, 0.29) is 11.8 Å².